The van der Waals surface area contributed by atoms with Crippen molar-refractivity contribution in [2.75, 3.05) is 19.6 Å². The van der Waals surface area contributed by atoms with Crippen molar-refractivity contribution < 1.29 is 14.3 Å². The van der Waals surface area contributed by atoms with Crippen LogP contribution in [-0.4, -0.2) is 36.8 Å². The first-order valence-electron chi connectivity index (χ1n) is 7.35. The lowest BCUT2D eigenvalue weighted by atomic mass is 10.1. The van der Waals surface area contributed by atoms with E-state index in [1.807, 2.05) is 30.3 Å². The van der Waals surface area contributed by atoms with Crippen LogP contribution in [0.5, 0.6) is 0 Å². The van der Waals surface area contributed by atoms with Gasteiger partial charge >= 0.3 is 0 Å². The predicted octanol–water partition coefficient (Wildman–Crippen LogP) is 1.48. The molecule has 1 saturated heterocycles. The van der Waals surface area contributed by atoms with Crippen molar-refractivity contribution >= 4 is 29.3 Å². The molecule has 2 heterocycles. The average Bonchev–Trinajstić information content (AvgIpc) is 3.08. The van der Waals surface area contributed by atoms with Gasteiger partial charge in [0.25, 0.3) is 0 Å². The Bertz CT molecular complexity index is 596. The van der Waals surface area contributed by atoms with Crippen molar-refractivity contribution in [3.05, 3.63) is 36.1 Å². The topological polar surface area (TPSA) is 74.5 Å². The van der Waals surface area contributed by atoms with Crippen molar-refractivity contribution in [2.24, 2.45) is 5.92 Å². The molecule has 1 aliphatic rings. The molecule has 3 rings (SSSR count). The molecule has 3 N–H and O–H groups in total. The number of rotatable bonds is 5. The molecule has 0 saturated carbocycles. The molecular weight excluding hydrogens is 304 g/mol. The third kappa shape index (κ3) is 4.00. The number of carbonyl (C=O) groups excluding carboxylic acids is 1. The lowest BCUT2D eigenvalue weighted by molar-refractivity contribution is -0.121. The zero-order chi connectivity index (χ0) is 14.7. The Morgan fingerprint density at radius 2 is 2.18 bits per heavy atom. The first-order valence-corrected chi connectivity index (χ1v) is 7.35. The van der Waals surface area contributed by atoms with Crippen LogP contribution in [0, 0.1) is 5.92 Å². The normalized spacial score (nSPS) is 20.8. The third-order valence-corrected chi connectivity index (χ3v) is 3.94. The Kier molecular flexibility index (Phi) is 5.83. The Morgan fingerprint density at radius 3 is 2.91 bits per heavy atom. The minimum Gasteiger partial charge on any atom is -0.461 e. The van der Waals surface area contributed by atoms with Crippen molar-refractivity contribution in [1.29, 1.82) is 0 Å². The lowest BCUT2D eigenvalue weighted by Gasteiger charge is -2.13. The van der Waals surface area contributed by atoms with Gasteiger partial charge in [-0.3, -0.25) is 4.79 Å². The highest BCUT2D eigenvalue weighted by atomic mass is 35.5. The Labute approximate surface area is 135 Å². The summed E-state index contributed by atoms with van der Waals surface area (Å²) in [5, 5.41) is 16.7. The van der Waals surface area contributed by atoms with Gasteiger partial charge in [-0.2, -0.15) is 0 Å². The highest BCUT2D eigenvalue weighted by Crippen LogP contribution is 2.19. The number of hydrogen-bond donors (Lipinski definition) is 3. The summed E-state index contributed by atoms with van der Waals surface area (Å²) in [5.74, 6) is 0.934. The summed E-state index contributed by atoms with van der Waals surface area (Å²) in [6, 6.07) is 9.80. The second kappa shape index (κ2) is 7.63. The molecule has 22 heavy (non-hydrogen) atoms. The monoisotopic (exact) mass is 324 g/mol. The average molecular weight is 325 g/mol. The second-order valence-corrected chi connectivity index (χ2v) is 5.54. The highest BCUT2D eigenvalue weighted by molar-refractivity contribution is 5.85. The molecule has 1 fully saturated rings. The molecule has 5 nitrogen and oxygen atoms in total. The molecule has 2 unspecified atom stereocenters. The first-order chi connectivity index (χ1) is 10.2. The largest absolute Gasteiger partial charge is 0.461 e. The first kappa shape index (κ1) is 16.8. The van der Waals surface area contributed by atoms with Crippen LogP contribution in [0.2, 0.25) is 0 Å². The van der Waals surface area contributed by atoms with Gasteiger partial charge in [-0.05, 0) is 12.1 Å². The molecule has 2 atom stereocenters. The predicted molar refractivity (Wildman–Crippen MR) is 87.2 cm³/mol. The molecule has 120 valence electrons. The Hall–Kier alpha value is -1.56. The smallest absolute Gasteiger partial charge is 0.220 e. The van der Waals surface area contributed by atoms with Crippen LogP contribution in [-0.2, 0) is 11.2 Å². The van der Waals surface area contributed by atoms with E-state index in [4.69, 9.17) is 4.42 Å². The van der Waals surface area contributed by atoms with Crippen molar-refractivity contribution in [3.63, 3.8) is 0 Å². The summed E-state index contributed by atoms with van der Waals surface area (Å²) in [7, 11) is 0. The van der Waals surface area contributed by atoms with Crippen LogP contribution in [0.25, 0.3) is 11.0 Å². The molecule has 1 aromatic heterocycles. The maximum atomic E-state index is 11.8. The van der Waals surface area contributed by atoms with Crippen molar-refractivity contribution in [1.82, 2.24) is 10.6 Å². The van der Waals surface area contributed by atoms with Crippen LogP contribution in [0.3, 0.4) is 0 Å². The van der Waals surface area contributed by atoms with Gasteiger partial charge in [-0.1, -0.05) is 18.2 Å². The number of β-amino-alcohol motifs (C(OH)–C–C–N with tert-alkyl or cyclic N) is 1. The van der Waals surface area contributed by atoms with Crippen LogP contribution in [0.4, 0.5) is 0 Å². The number of aliphatic hydroxyl groups excluding tert-OH is 1. The summed E-state index contributed by atoms with van der Waals surface area (Å²) in [5.41, 5.74) is 0.855. The van der Waals surface area contributed by atoms with Crippen molar-refractivity contribution in [3.8, 4) is 0 Å². The number of aliphatic hydroxyl groups is 1. The third-order valence-electron chi connectivity index (χ3n) is 3.94. The van der Waals surface area contributed by atoms with Crippen LogP contribution in [0.15, 0.2) is 34.7 Å². The number of nitrogens with one attached hydrogen (secondary N) is 2. The number of amides is 1. The molecular formula is C16H21ClN2O3. The fraction of sp³-hybridized carbons (Fsp3) is 0.438. The lowest BCUT2D eigenvalue weighted by Crippen LogP contribution is -2.34. The maximum absolute atomic E-state index is 11.8. The zero-order valence-electron chi connectivity index (χ0n) is 12.2. The van der Waals surface area contributed by atoms with E-state index in [1.54, 1.807) is 0 Å². The van der Waals surface area contributed by atoms with Gasteiger partial charge in [0.1, 0.15) is 11.3 Å². The summed E-state index contributed by atoms with van der Waals surface area (Å²) in [6.45, 7) is 1.89. The van der Waals surface area contributed by atoms with E-state index < -0.39 is 0 Å². The van der Waals surface area contributed by atoms with Crippen molar-refractivity contribution in [2.45, 2.75) is 18.9 Å². The van der Waals surface area contributed by atoms with Gasteiger partial charge in [-0.15, -0.1) is 12.4 Å². The van der Waals surface area contributed by atoms with Crippen LogP contribution in [0.1, 0.15) is 12.2 Å². The van der Waals surface area contributed by atoms with E-state index in [0.29, 0.717) is 25.9 Å². The van der Waals surface area contributed by atoms with Crippen LogP contribution < -0.4 is 10.6 Å². The quantitative estimate of drug-likeness (QED) is 0.779. The van der Waals surface area contributed by atoms with Gasteiger partial charge in [0.15, 0.2) is 0 Å². The minimum atomic E-state index is -0.360. The standard InChI is InChI=1S/C16H20N2O3.ClH/c19-14-10-17-8-12(14)9-18-16(20)6-5-13-7-11-3-1-2-4-15(11)21-13;/h1-4,7,12,14,17,19H,5-6,8-10H2,(H,18,20);1H. The molecule has 0 radical (unpaired) electrons. The van der Waals surface area contributed by atoms with Gasteiger partial charge in [0.2, 0.25) is 5.91 Å². The van der Waals surface area contributed by atoms with Gasteiger partial charge in [-0.25, -0.2) is 0 Å². The summed E-state index contributed by atoms with van der Waals surface area (Å²) in [6.07, 6.45) is 0.628. The molecule has 1 aliphatic heterocycles. The molecule has 1 aromatic carbocycles. The molecule has 2 aromatic rings. The van der Waals surface area contributed by atoms with E-state index in [2.05, 4.69) is 10.6 Å². The maximum Gasteiger partial charge on any atom is 0.220 e. The second-order valence-electron chi connectivity index (χ2n) is 5.54. The molecule has 1 amide bonds. The highest BCUT2D eigenvalue weighted by Gasteiger charge is 2.24. The molecule has 0 bridgehead atoms. The molecule has 0 aliphatic carbocycles. The number of benzene rings is 1. The number of furan rings is 1. The number of halogens is 1. The fourth-order valence-electron chi connectivity index (χ4n) is 2.66. The molecule has 0 spiro atoms. The van der Waals surface area contributed by atoms with E-state index in [1.165, 1.54) is 0 Å². The summed E-state index contributed by atoms with van der Waals surface area (Å²) < 4.78 is 5.68. The minimum absolute atomic E-state index is 0. The summed E-state index contributed by atoms with van der Waals surface area (Å²) in [4.78, 5) is 11.8. The fourth-order valence-corrected chi connectivity index (χ4v) is 2.66. The van der Waals surface area contributed by atoms with E-state index in [-0.39, 0.29) is 30.3 Å². The number of para-hydroxylation sites is 1. The van der Waals surface area contributed by atoms with Gasteiger partial charge in [0, 0.05) is 43.8 Å². The van der Waals surface area contributed by atoms with Gasteiger partial charge < -0.3 is 20.2 Å². The number of aryl methyl sites for hydroxylation is 1. The van der Waals surface area contributed by atoms with E-state index in [9.17, 15) is 9.90 Å². The van der Waals surface area contributed by atoms with Gasteiger partial charge in [0.05, 0.1) is 6.10 Å². The zero-order valence-corrected chi connectivity index (χ0v) is 13.1. The Morgan fingerprint density at radius 1 is 1.36 bits per heavy atom. The number of fused-ring (bicyclic) bond motifs is 1. The van der Waals surface area contributed by atoms with E-state index >= 15 is 0 Å². The summed E-state index contributed by atoms with van der Waals surface area (Å²) >= 11 is 0. The number of hydrogen-bond acceptors (Lipinski definition) is 4. The number of carbonyl (C=O) groups is 1. The van der Waals surface area contributed by atoms with E-state index in [0.717, 1.165) is 23.3 Å². The molecule has 6 heteroatoms. The van der Waals surface area contributed by atoms with Crippen LogP contribution >= 0.6 is 12.4 Å². The Balaban J connectivity index is 0.00000176. The SMILES string of the molecule is Cl.O=C(CCc1cc2ccccc2o1)NCC1CNCC1O.